The van der Waals surface area contributed by atoms with Gasteiger partial charge in [-0.05, 0) is 65.2 Å². The van der Waals surface area contributed by atoms with Crippen LogP contribution in [0.25, 0.3) is 0 Å². The van der Waals surface area contributed by atoms with Crippen LogP contribution in [0.15, 0.2) is 35.5 Å². The van der Waals surface area contributed by atoms with Gasteiger partial charge in [-0.25, -0.2) is 9.59 Å². The van der Waals surface area contributed by atoms with Crippen molar-refractivity contribution in [2.75, 3.05) is 0 Å². The monoisotopic (exact) mass is 416 g/mol. The first-order valence-corrected chi connectivity index (χ1v) is 10.8. The minimum Gasteiger partial charge on any atom is -0.459 e. The normalized spacial score (nSPS) is 33.9. The minimum absolute atomic E-state index is 0.0180. The molecule has 0 N–H and O–H groups in total. The first-order valence-electron chi connectivity index (χ1n) is 10.8. The molecule has 5 nitrogen and oxygen atoms in total. The van der Waals surface area contributed by atoms with Crippen LogP contribution < -0.4 is 0 Å². The van der Waals surface area contributed by atoms with E-state index in [9.17, 15) is 14.4 Å². The number of hydrogen-bond acceptors (Lipinski definition) is 5. The van der Waals surface area contributed by atoms with E-state index >= 15 is 0 Å². The molecule has 0 saturated heterocycles. The summed E-state index contributed by atoms with van der Waals surface area (Å²) in [6.45, 7) is 17.3. The summed E-state index contributed by atoms with van der Waals surface area (Å²) in [5, 5.41) is 0. The highest BCUT2D eigenvalue weighted by molar-refractivity contribution is 5.92. The molecule has 0 spiro atoms. The molecular formula is C25H36O5. The summed E-state index contributed by atoms with van der Waals surface area (Å²) in [6, 6.07) is 0. The van der Waals surface area contributed by atoms with Gasteiger partial charge >= 0.3 is 11.9 Å². The first kappa shape index (κ1) is 24.1. The largest absolute Gasteiger partial charge is 0.459 e. The van der Waals surface area contributed by atoms with E-state index in [4.69, 9.17) is 9.47 Å². The fraction of sp³-hybridized carbons (Fsp3) is 0.640. The molecule has 2 aliphatic rings. The van der Waals surface area contributed by atoms with Crippen molar-refractivity contribution in [1.82, 2.24) is 0 Å². The third kappa shape index (κ3) is 4.76. The number of ether oxygens (including phenoxy) is 2. The summed E-state index contributed by atoms with van der Waals surface area (Å²) in [4.78, 5) is 38.0. The molecule has 166 valence electrons. The predicted molar refractivity (Wildman–Crippen MR) is 117 cm³/mol. The Kier molecular flexibility index (Phi) is 7.49. The van der Waals surface area contributed by atoms with Crippen LogP contribution in [0.5, 0.6) is 0 Å². The molecule has 30 heavy (non-hydrogen) atoms. The van der Waals surface area contributed by atoms with Crippen molar-refractivity contribution in [1.29, 1.82) is 0 Å². The summed E-state index contributed by atoms with van der Waals surface area (Å²) < 4.78 is 11.6. The first-order chi connectivity index (χ1) is 13.9. The summed E-state index contributed by atoms with van der Waals surface area (Å²) in [5.74, 6) is -1.31. The number of rotatable bonds is 5. The highest BCUT2D eigenvalue weighted by atomic mass is 16.6. The van der Waals surface area contributed by atoms with Crippen LogP contribution in [0.2, 0.25) is 0 Å². The van der Waals surface area contributed by atoms with Crippen LogP contribution in [0.4, 0.5) is 0 Å². The highest BCUT2D eigenvalue weighted by Crippen LogP contribution is 2.56. The van der Waals surface area contributed by atoms with Crippen molar-refractivity contribution in [3.8, 4) is 0 Å². The van der Waals surface area contributed by atoms with E-state index in [2.05, 4.69) is 20.4 Å². The van der Waals surface area contributed by atoms with Crippen LogP contribution in [-0.2, 0) is 23.9 Å². The van der Waals surface area contributed by atoms with E-state index in [1.54, 1.807) is 13.0 Å². The molecule has 0 heterocycles. The van der Waals surface area contributed by atoms with Crippen molar-refractivity contribution in [2.24, 2.45) is 23.2 Å². The Morgan fingerprint density at radius 3 is 2.30 bits per heavy atom. The van der Waals surface area contributed by atoms with Crippen molar-refractivity contribution in [3.63, 3.8) is 0 Å². The standard InChI is InChI=1S/C25H36O5/c1-9-16(6)24(28)29-20-11-10-19-23(30-21(26)12-14(2)3)22(27)18(15(4)5)13-25(19,8)17(20)7/h9,12,17-20,23H,4,10-11,13H2,1-3,5-8H3/b16-9+. The minimum atomic E-state index is -0.801. The Morgan fingerprint density at radius 1 is 1.13 bits per heavy atom. The lowest BCUT2D eigenvalue weighted by atomic mass is 9.51. The molecule has 0 amide bonds. The molecule has 0 aromatic rings. The van der Waals surface area contributed by atoms with E-state index < -0.39 is 12.1 Å². The van der Waals surface area contributed by atoms with Gasteiger partial charge in [0.05, 0.1) is 0 Å². The van der Waals surface area contributed by atoms with Crippen molar-refractivity contribution >= 4 is 17.7 Å². The number of Topliss-reactive ketones (excluding diaryl/α,β-unsaturated/α-hetero) is 1. The maximum absolute atomic E-state index is 13.2. The molecule has 0 bridgehead atoms. The van der Waals surface area contributed by atoms with Gasteiger partial charge in [0.2, 0.25) is 0 Å². The summed E-state index contributed by atoms with van der Waals surface area (Å²) in [7, 11) is 0. The number of esters is 2. The van der Waals surface area contributed by atoms with Crippen molar-refractivity contribution < 1.29 is 23.9 Å². The van der Waals surface area contributed by atoms with Gasteiger partial charge in [-0.2, -0.15) is 0 Å². The van der Waals surface area contributed by atoms with Crippen molar-refractivity contribution in [3.05, 3.63) is 35.5 Å². The highest BCUT2D eigenvalue weighted by Gasteiger charge is 2.58. The molecule has 0 radical (unpaired) electrons. The second-order valence-corrected chi connectivity index (χ2v) is 9.48. The molecule has 6 unspecified atom stereocenters. The number of ketones is 1. The van der Waals surface area contributed by atoms with Gasteiger partial charge < -0.3 is 9.47 Å². The van der Waals surface area contributed by atoms with Gasteiger partial charge in [0.1, 0.15) is 6.10 Å². The lowest BCUT2D eigenvalue weighted by Crippen LogP contribution is -2.58. The van der Waals surface area contributed by atoms with Gasteiger partial charge in [-0.1, -0.05) is 37.6 Å². The van der Waals surface area contributed by atoms with Crippen LogP contribution >= 0.6 is 0 Å². The Hall–Kier alpha value is -2.17. The Balaban J connectivity index is 2.36. The van der Waals surface area contributed by atoms with E-state index in [0.29, 0.717) is 24.8 Å². The molecule has 5 heteroatoms. The lowest BCUT2D eigenvalue weighted by Gasteiger charge is -2.55. The van der Waals surface area contributed by atoms with Crippen molar-refractivity contribution in [2.45, 2.75) is 79.9 Å². The van der Waals surface area contributed by atoms with Gasteiger partial charge in [-0.3, -0.25) is 4.79 Å². The second kappa shape index (κ2) is 9.32. The molecule has 2 rings (SSSR count). The third-order valence-corrected chi connectivity index (χ3v) is 7.10. The molecule has 0 aromatic carbocycles. The smallest absolute Gasteiger partial charge is 0.333 e. The SMILES string of the molecule is C=C(C)C1CC2(C)C(C)C(OC(=O)/C(C)=C/C)CCC2C(OC(=O)C=C(C)C)C1=O. The van der Waals surface area contributed by atoms with E-state index in [1.165, 1.54) is 6.08 Å². The quantitative estimate of drug-likeness (QED) is 0.360. The zero-order chi connectivity index (χ0) is 22.8. The lowest BCUT2D eigenvalue weighted by molar-refractivity contribution is -0.182. The fourth-order valence-corrected chi connectivity index (χ4v) is 4.92. The van der Waals surface area contributed by atoms with E-state index in [0.717, 1.165) is 11.1 Å². The molecule has 0 aliphatic heterocycles. The maximum atomic E-state index is 13.2. The molecule has 6 atom stereocenters. The topological polar surface area (TPSA) is 69.7 Å². The molecule has 0 aromatic heterocycles. The Labute approximate surface area is 180 Å². The van der Waals surface area contributed by atoms with Gasteiger partial charge in [0.25, 0.3) is 0 Å². The Morgan fingerprint density at radius 2 is 1.77 bits per heavy atom. The molecule has 2 saturated carbocycles. The average molecular weight is 417 g/mol. The average Bonchev–Trinajstić information content (AvgIpc) is 2.65. The zero-order valence-corrected chi connectivity index (χ0v) is 19.4. The number of carbonyl (C=O) groups is 3. The number of fused-ring (bicyclic) bond motifs is 1. The van der Waals surface area contributed by atoms with Crippen LogP contribution in [-0.4, -0.2) is 29.9 Å². The second-order valence-electron chi connectivity index (χ2n) is 9.48. The number of carbonyl (C=O) groups excluding carboxylic acids is 3. The predicted octanol–water partition coefficient (Wildman–Crippen LogP) is 4.96. The zero-order valence-electron chi connectivity index (χ0n) is 19.4. The van der Waals surface area contributed by atoms with Crippen LogP contribution in [0, 0.1) is 23.2 Å². The van der Waals surface area contributed by atoms with Gasteiger partial charge in [0, 0.05) is 23.5 Å². The molecule has 2 aliphatic carbocycles. The van der Waals surface area contributed by atoms with Crippen LogP contribution in [0.1, 0.15) is 67.7 Å². The molecular weight excluding hydrogens is 380 g/mol. The summed E-state index contributed by atoms with van der Waals surface area (Å²) in [6.07, 6.45) is 4.06. The van der Waals surface area contributed by atoms with E-state index in [-0.39, 0.29) is 41.0 Å². The maximum Gasteiger partial charge on any atom is 0.333 e. The van der Waals surface area contributed by atoms with Gasteiger partial charge in [-0.15, -0.1) is 0 Å². The van der Waals surface area contributed by atoms with Gasteiger partial charge in [0.15, 0.2) is 11.9 Å². The number of allylic oxidation sites excluding steroid dienone is 3. The number of hydrogen-bond donors (Lipinski definition) is 0. The molecule has 2 fully saturated rings. The summed E-state index contributed by atoms with van der Waals surface area (Å²) in [5.41, 5.74) is 1.87. The van der Waals surface area contributed by atoms with Crippen LogP contribution in [0.3, 0.4) is 0 Å². The third-order valence-electron chi connectivity index (χ3n) is 7.10. The Bertz CT molecular complexity index is 785. The summed E-state index contributed by atoms with van der Waals surface area (Å²) >= 11 is 0. The fourth-order valence-electron chi connectivity index (χ4n) is 4.92. The van der Waals surface area contributed by atoms with E-state index in [1.807, 2.05) is 27.7 Å².